The molecule has 2 heteroatoms. The Morgan fingerprint density at radius 3 is 2.38 bits per heavy atom. The Morgan fingerprint density at radius 1 is 1.23 bits per heavy atom. The highest BCUT2D eigenvalue weighted by Gasteiger charge is 2.29. The van der Waals surface area contributed by atoms with Crippen LogP contribution in [-0.4, -0.2) is 11.7 Å². The minimum absolute atomic E-state index is 0.179. The fourth-order valence-electron chi connectivity index (χ4n) is 1.89. The van der Waals surface area contributed by atoms with Crippen molar-refractivity contribution >= 4 is 0 Å². The summed E-state index contributed by atoms with van der Waals surface area (Å²) in [4.78, 5) is 0. The number of rotatable bonds is 2. The van der Waals surface area contributed by atoms with Crippen LogP contribution in [0.3, 0.4) is 0 Å². The molecular formula is C11H13FO. The van der Waals surface area contributed by atoms with E-state index in [1.54, 1.807) is 0 Å². The minimum atomic E-state index is -0.179. The van der Waals surface area contributed by atoms with Gasteiger partial charge in [0.15, 0.2) is 0 Å². The topological polar surface area (TPSA) is 20.2 Å². The molecule has 0 aromatic heterocycles. The first-order chi connectivity index (χ1) is 6.29. The molecule has 1 aliphatic rings. The summed E-state index contributed by atoms with van der Waals surface area (Å²) in [5.74, 6) is 0.828. The van der Waals surface area contributed by atoms with E-state index in [4.69, 9.17) is 5.11 Å². The van der Waals surface area contributed by atoms with Crippen LogP contribution in [0.1, 0.15) is 24.3 Å². The van der Waals surface area contributed by atoms with Gasteiger partial charge in [0.2, 0.25) is 0 Å². The van der Waals surface area contributed by atoms with Gasteiger partial charge in [-0.3, -0.25) is 0 Å². The number of halogens is 1. The van der Waals surface area contributed by atoms with Crippen LogP contribution in [0.2, 0.25) is 0 Å². The van der Waals surface area contributed by atoms with Crippen molar-refractivity contribution in [2.75, 3.05) is 6.61 Å². The Bertz CT molecular complexity index is 275. The van der Waals surface area contributed by atoms with Crippen LogP contribution >= 0.6 is 0 Å². The van der Waals surface area contributed by atoms with Crippen LogP contribution in [0.25, 0.3) is 0 Å². The van der Waals surface area contributed by atoms with Crippen molar-refractivity contribution in [3.8, 4) is 0 Å². The minimum Gasteiger partial charge on any atom is -0.396 e. The van der Waals surface area contributed by atoms with Gasteiger partial charge in [0.1, 0.15) is 5.82 Å². The molecule has 0 heterocycles. The number of aliphatic hydroxyl groups is 1. The van der Waals surface area contributed by atoms with Gasteiger partial charge in [-0.05, 0) is 42.4 Å². The quantitative estimate of drug-likeness (QED) is 0.740. The monoisotopic (exact) mass is 180 g/mol. The second kappa shape index (κ2) is 3.46. The lowest BCUT2D eigenvalue weighted by atomic mass is 9.72. The molecule has 0 spiro atoms. The first-order valence-electron chi connectivity index (χ1n) is 4.66. The van der Waals surface area contributed by atoms with Gasteiger partial charge in [-0.1, -0.05) is 12.1 Å². The van der Waals surface area contributed by atoms with E-state index in [1.165, 1.54) is 17.7 Å². The maximum absolute atomic E-state index is 12.6. The first kappa shape index (κ1) is 8.70. The third-order valence-electron chi connectivity index (χ3n) is 2.84. The van der Waals surface area contributed by atoms with Gasteiger partial charge in [-0.2, -0.15) is 0 Å². The molecule has 1 saturated carbocycles. The van der Waals surface area contributed by atoms with Crippen LogP contribution in [-0.2, 0) is 0 Å². The average Bonchev–Trinajstić information content (AvgIpc) is 2.06. The molecule has 13 heavy (non-hydrogen) atoms. The summed E-state index contributed by atoms with van der Waals surface area (Å²) < 4.78 is 12.6. The van der Waals surface area contributed by atoms with Crippen molar-refractivity contribution in [1.29, 1.82) is 0 Å². The van der Waals surface area contributed by atoms with E-state index in [2.05, 4.69) is 0 Å². The summed E-state index contributed by atoms with van der Waals surface area (Å²) in [6, 6.07) is 6.68. The third kappa shape index (κ3) is 1.73. The van der Waals surface area contributed by atoms with Crippen LogP contribution in [0, 0.1) is 11.7 Å². The van der Waals surface area contributed by atoms with Gasteiger partial charge < -0.3 is 5.11 Å². The molecule has 1 aromatic rings. The van der Waals surface area contributed by atoms with Crippen molar-refractivity contribution in [1.82, 2.24) is 0 Å². The second-order valence-electron chi connectivity index (χ2n) is 3.77. The number of aliphatic hydroxyl groups excluding tert-OH is 1. The zero-order chi connectivity index (χ0) is 9.26. The van der Waals surface area contributed by atoms with Gasteiger partial charge in [0, 0.05) is 6.61 Å². The Morgan fingerprint density at radius 2 is 1.85 bits per heavy atom. The van der Waals surface area contributed by atoms with E-state index in [0.717, 1.165) is 12.8 Å². The predicted molar refractivity (Wildman–Crippen MR) is 49.0 cm³/mol. The van der Waals surface area contributed by atoms with Crippen molar-refractivity contribution < 1.29 is 9.50 Å². The fourth-order valence-corrected chi connectivity index (χ4v) is 1.89. The van der Waals surface area contributed by atoms with E-state index in [9.17, 15) is 4.39 Å². The first-order valence-corrected chi connectivity index (χ1v) is 4.66. The number of hydrogen-bond acceptors (Lipinski definition) is 1. The molecule has 0 radical (unpaired) electrons. The SMILES string of the molecule is OCC1CC(c2ccc(F)cc2)C1. The second-order valence-corrected chi connectivity index (χ2v) is 3.77. The van der Waals surface area contributed by atoms with E-state index in [0.29, 0.717) is 11.8 Å². The Kier molecular flexibility index (Phi) is 2.32. The molecule has 1 N–H and O–H groups in total. The lowest BCUT2D eigenvalue weighted by molar-refractivity contribution is 0.142. The van der Waals surface area contributed by atoms with Gasteiger partial charge in [0.05, 0.1) is 0 Å². The number of benzene rings is 1. The fraction of sp³-hybridized carbons (Fsp3) is 0.455. The van der Waals surface area contributed by atoms with Gasteiger partial charge in [-0.25, -0.2) is 4.39 Å². The molecule has 1 aromatic carbocycles. The molecule has 0 atom stereocenters. The van der Waals surface area contributed by atoms with E-state index in [1.807, 2.05) is 12.1 Å². The summed E-state index contributed by atoms with van der Waals surface area (Å²) in [6.07, 6.45) is 2.09. The van der Waals surface area contributed by atoms with E-state index < -0.39 is 0 Å². The third-order valence-corrected chi connectivity index (χ3v) is 2.84. The summed E-state index contributed by atoms with van der Waals surface area (Å²) in [5, 5.41) is 8.83. The molecule has 1 aliphatic carbocycles. The van der Waals surface area contributed by atoms with Crippen molar-refractivity contribution in [3.05, 3.63) is 35.6 Å². The molecular weight excluding hydrogens is 167 g/mol. The molecule has 0 amide bonds. The molecule has 0 bridgehead atoms. The lowest BCUT2D eigenvalue weighted by Crippen LogP contribution is -2.24. The van der Waals surface area contributed by atoms with Gasteiger partial charge in [0.25, 0.3) is 0 Å². The Labute approximate surface area is 77.2 Å². The molecule has 1 fully saturated rings. The lowest BCUT2D eigenvalue weighted by Gasteiger charge is -2.34. The molecule has 0 saturated heterocycles. The maximum Gasteiger partial charge on any atom is 0.123 e. The summed E-state index contributed by atoms with van der Waals surface area (Å²) in [5.41, 5.74) is 1.20. The standard InChI is InChI=1S/C11H13FO/c12-11-3-1-9(2-4-11)10-5-8(6-10)7-13/h1-4,8,10,13H,5-7H2. The summed E-state index contributed by atoms with van der Waals surface area (Å²) >= 11 is 0. The molecule has 70 valence electrons. The van der Waals surface area contributed by atoms with Crippen molar-refractivity contribution in [2.24, 2.45) is 5.92 Å². The van der Waals surface area contributed by atoms with Crippen molar-refractivity contribution in [3.63, 3.8) is 0 Å². The van der Waals surface area contributed by atoms with Gasteiger partial charge >= 0.3 is 0 Å². The zero-order valence-corrected chi connectivity index (χ0v) is 7.41. The molecule has 1 nitrogen and oxygen atoms in total. The van der Waals surface area contributed by atoms with Crippen LogP contribution in [0.5, 0.6) is 0 Å². The Hall–Kier alpha value is -0.890. The average molecular weight is 180 g/mol. The van der Waals surface area contributed by atoms with Crippen LogP contribution in [0.15, 0.2) is 24.3 Å². The maximum atomic E-state index is 12.6. The Balaban J connectivity index is 1.99. The molecule has 0 aliphatic heterocycles. The van der Waals surface area contributed by atoms with E-state index in [-0.39, 0.29) is 12.4 Å². The highest BCUT2D eigenvalue weighted by atomic mass is 19.1. The summed E-state index contributed by atoms with van der Waals surface area (Å²) in [7, 11) is 0. The number of hydrogen-bond donors (Lipinski definition) is 1. The van der Waals surface area contributed by atoms with Crippen molar-refractivity contribution in [2.45, 2.75) is 18.8 Å². The predicted octanol–water partition coefficient (Wildman–Crippen LogP) is 2.31. The largest absolute Gasteiger partial charge is 0.396 e. The summed E-state index contributed by atoms with van der Waals surface area (Å²) in [6.45, 7) is 0.289. The molecule has 0 unspecified atom stereocenters. The van der Waals surface area contributed by atoms with Gasteiger partial charge in [-0.15, -0.1) is 0 Å². The normalized spacial score (nSPS) is 26.9. The smallest absolute Gasteiger partial charge is 0.123 e. The highest BCUT2D eigenvalue weighted by molar-refractivity contribution is 5.22. The zero-order valence-electron chi connectivity index (χ0n) is 7.41. The van der Waals surface area contributed by atoms with Crippen LogP contribution < -0.4 is 0 Å². The van der Waals surface area contributed by atoms with E-state index >= 15 is 0 Å². The molecule has 2 rings (SSSR count). The highest BCUT2D eigenvalue weighted by Crippen LogP contribution is 2.40. The van der Waals surface area contributed by atoms with Crippen LogP contribution in [0.4, 0.5) is 4.39 Å².